The van der Waals surface area contributed by atoms with Gasteiger partial charge < -0.3 is 4.57 Å². The highest BCUT2D eigenvalue weighted by Gasteiger charge is 2.25. The van der Waals surface area contributed by atoms with Crippen molar-refractivity contribution in [1.82, 2.24) is 4.57 Å². The molecule has 0 saturated carbocycles. The lowest BCUT2D eigenvalue weighted by molar-refractivity contribution is 0.595. The zero-order valence-corrected chi connectivity index (χ0v) is 13.1. The first-order valence-corrected chi connectivity index (χ1v) is 8.01. The normalized spacial score (nSPS) is 18.0. The second-order valence-corrected chi connectivity index (χ2v) is 6.64. The number of pyridine rings is 1. The predicted octanol–water partition coefficient (Wildman–Crippen LogP) is 4.13. The van der Waals surface area contributed by atoms with E-state index in [-0.39, 0.29) is 11.2 Å². The summed E-state index contributed by atoms with van der Waals surface area (Å²) in [5, 5.41) is 1.53. The fraction of sp³-hybridized carbons (Fsp3) is 0.357. The molecule has 5 heteroatoms. The Labute approximate surface area is 123 Å². The number of aromatic nitrogens is 1. The largest absolute Gasteiger partial charge is 0.332 e. The van der Waals surface area contributed by atoms with Crippen LogP contribution in [0.4, 0.5) is 4.39 Å². The summed E-state index contributed by atoms with van der Waals surface area (Å²) in [5.41, 5.74) is 1.60. The van der Waals surface area contributed by atoms with Crippen LogP contribution in [0.1, 0.15) is 25.5 Å². The van der Waals surface area contributed by atoms with Crippen LogP contribution in [0, 0.1) is 5.82 Å². The summed E-state index contributed by atoms with van der Waals surface area (Å²) >= 11 is 4.93. The van der Waals surface area contributed by atoms with Gasteiger partial charge in [0.25, 0.3) is 0 Å². The number of hydrogen-bond donors (Lipinski definition) is 0. The second kappa shape index (κ2) is 4.63. The van der Waals surface area contributed by atoms with E-state index in [2.05, 4.69) is 27.4 Å². The molecule has 2 nitrogen and oxygen atoms in total. The molecule has 2 heterocycles. The van der Waals surface area contributed by atoms with Gasteiger partial charge >= 0.3 is 0 Å². The minimum Gasteiger partial charge on any atom is -0.332 e. The van der Waals surface area contributed by atoms with E-state index in [4.69, 9.17) is 0 Å². The van der Waals surface area contributed by atoms with Crippen molar-refractivity contribution < 1.29 is 4.39 Å². The standard InChI is InChI=1S/C14H13BrFNOS/c1-3-8-13(18)9-4-11(16)10(15)5-12(9)17-7(2)6-19-14(8)17/h4-5,7H,3,6H2,1-2H3. The van der Waals surface area contributed by atoms with E-state index < -0.39 is 0 Å². The smallest absolute Gasteiger partial charge is 0.193 e. The second-order valence-electron chi connectivity index (χ2n) is 4.78. The van der Waals surface area contributed by atoms with Crippen molar-refractivity contribution >= 4 is 38.6 Å². The topological polar surface area (TPSA) is 22.0 Å². The van der Waals surface area contributed by atoms with Gasteiger partial charge in [0.2, 0.25) is 0 Å². The lowest BCUT2D eigenvalue weighted by atomic mass is 10.1. The Kier molecular flexibility index (Phi) is 3.21. The van der Waals surface area contributed by atoms with Crippen LogP contribution < -0.4 is 5.43 Å². The number of thioether (sulfide) groups is 1. The maximum absolute atomic E-state index is 13.7. The monoisotopic (exact) mass is 341 g/mol. The number of halogens is 2. The SMILES string of the molecule is CCc1c2n(c3cc(Br)c(F)cc3c1=O)C(C)CS2. The number of hydrogen-bond acceptors (Lipinski definition) is 2. The molecule has 1 aromatic carbocycles. The van der Waals surface area contributed by atoms with Crippen molar-refractivity contribution in [2.45, 2.75) is 31.3 Å². The van der Waals surface area contributed by atoms with Crippen LogP contribution >= 0.6 is 27.7 Å². The summed E-state index contributed by atoms with van der Waals surface area (Å²) in [6.45, 7) is 4.10. The highest BCUT2D eigenvalue weighted by Crippen LogP contribution is 2.38. The lowest BCUT2D eigenvalue weighted by Gasteiger charge is -2.16. The van der Waals surface area contributed by atoms with E-state index in [0.717, 1.165) is 21.9 Å². The van der Waals surface area contributed by atoms with Gasteiger partial charge in [-0.3, -0.25) is 4.79 Å². The molecule has 0 amide bonds. The van der Waals surface area contributed by atoms with E-state index in [0.29, 0.717) is 22.3 Å². The molecule has 1 aliphatic rings. The fourth-order valence-corrected chi connectivity index (χ4v) is 4.32. The van der Waals surface area contributed by atoms with Gasteiger partial charge in [-0.25, -0.2) is 4.39 Å². The van der Waals surface area contributed by atoms with Crippen LogP contribution in [0.3, 0.4) is 0 Å². The number of fused-ring (bicyclic) bond motifs is 3. The molecule has 100 valence electrons. The molecule has 19 heavy (non-hydrogen) atoms. The van der Waals surface area contributed by atoms with Crippen molar-refractivity contribution in [3.63, 3.8) is 0 Å². The van der Waals surface area contributed by atoms with Crippen molar-refractivity contribution in [1.29, 1.82) is 0 Å². The molecule has 1 atom stereocenters. The maximum atomic E-state index is 13.7. The molecule has 0 N–H and O–H groups in total. The molecule has 2 aromatic rings. The third kappa shape index (κ3) is 1.86. The minimum absolute atomic E-state index is 0.0308. The molecule has 3 rings (SSSR count). The summed E-state index contributed by atoms with van der Waals surface area (Å²) in [7, 11) is 0. The first-order chi connectivity index (χ1) is 9.04. The van der Waals surface area contributed by atoms with Gasteiger partial charge in [0.1, 0.15) is 5.82 Å². The molecule has 0 aliphatic carbocycles. The Hall–Kier alpha value is -0.810. The van der Waals surface area contributed by atoms with Gasteiger partial charge in [-0.1, -0.05) is 6.92 Å². The summed E-state index contributed by atoms with van der Waals surface area (Å²) < 4.78 is 16.3. The Balaban J connectivity index is 2.53. The minimum atomic E-state index is -0.384. The zero-order chi connectivity index (χ0) is 13.7. The van der Waals surface area contributed by atoms with Gasteiger partial charge in [-0.2, -0.15) is 0 Å². The third-order valence-corrected chi connectivity index (χ3v) is 5.52. The molecular formula is C14H13BrFNOS. The highest BCUT2D eigenvalue weighted by molar-refractivity contribution is 9.10. The van der Waals surface area contributed by atoms with Gasteiger partial charge in [0, 0.05) is 22.7 Å². The molecule has 1 aromatic heterocycles. The first-order valence-electron chi connectivity index (χ1n) is 6.23. The van der Waals surface area contributed by atoms with Crippen LogP contribution in [0.2, 0.25) is 0 Å². The van der Waals surface area contributed by atoms with Gasteiger partial charge in [-0.05, 0) is 41.4 Å². The molecule has 0 spiro atoms. The van der Waals surface area contributed by atoms with Crippen LogP contribution in [0.5, 0.6) is 0 Å². The Morgan fingerprint density at radius 2 is 2.26 bits per heavy atom. The molecule has 0 fully saturated rings. The van der Waals surface area contributed by atoms with E-state index in [1.54, 1.807) is 17.8 Å². The number of rotatable bonds is 1. The quantitative estimate of drug-likeness (QED) is 0.777. The molecule has 0 bridgehead atoms. The third-order valence-electron chi connectivity index (χ3n) is 3.55. The summed E-state index contributed by atoms with van der Waals surface area (Å²) in [6, 6.07) is 3.40. The van der Waals surface area contributed by atoms with Crippen molar-refractivity contribution in [2.75, 3.05) is 5.75 Å². The average molecular weight is 342 g/mol. The maximum Gasteiger partial charge on any atom is 0.193 e. The Morgan fingerprint density at radius 1 is 1.53 bits per heavy atom. The van der Waals surface area contributed by atoms with Gasteiger partial charge in [0.05, 0.1) is 15.0 Å². The van der Waals surface area contributed by atoms with Gasteiger partial charge in [0.15, 0.2) is 5.43 Å². The predicted molar refractivity (Wildman–Crippen MR) is 80.7 cm³/mol. The van der Waals surface area contributed by atoms with Crippen LogP contribution in [-0.2, 0) is 6.42 Å². The van der Waals surface area contributed by atoms with Gasteiger partial charge in [-0.15, -0.1) is 11.8 Å². The fourth-order valence-electron chi connectivity index (χ4n) is 2.61. The van der Waals surface area contributed by atoms with Crippen LogP contribution in [0.15, 0.2) is 26.4 Å². The first kappa shape index (κ1) is 13.2. The van der Waals surface area contributed by atoms with Crippen molar-refractivity contribution in [3.05, 3.63) is 38.2 Å². The summed E-state index contributed by atoms with van der Waals surface area (Å²) in [5.74, 6) is 0.575. The Morgan fingerprint density at radius 3 is 2.95 bits per heavy atom. The summed E-state index contributed by atoms with van der Waals surface area (Å²) in [6.07, 6.45) is 0.682. The van der Waals surface area contributed by atoms with Crippen LogP contribution in [-0.4, -0.2) is 10.3 Å². The van der Waals surface area contributed by atoms with E-state index in [1.807, 2.05) is 6.92 Å². The van der Waals surface area contributed by atoms with Crippen molar-refractivity contribution in [2.24, 2.45) is 0 Å². The van der Waals surface area contributed by atoms with E-state index in [1.165, 1.54) is 6.07 Å². The average Bonchev–Trinajstić information content (AvgIpc) is 2.75. The summed E-state index contributed by atoms with van der Waals surface area (Å²) in [4.78, 5) is 12.5. The molecule has 0 saturated heterocycles. The zero-order valence-electron chi connectivity index (χ0n) is 10.7. The molecule has 1 unspecified atom stereocenters. The van der Waals surface area contributed by atoms with Crippen molar-refractivity contribution in [3.8, 4) is 0 Å². The van der Waals surface area contributed by atoms with E-state index in [9.17, 15) is 9.18 Å². The highest BCUT2D eigenvalue weighted by atomic mass is 79.9. The van der Waals surface area contributed by atoms with Crippen LogP contribution in [0.25, 0.3) is 10.9 Å². The molecule has 1 aliphatic heterocycles. The molecular weight excluding hydrogens is 329 g/mol. The number of nitrogens with zero attached hydrogens (tertiary/aromatic N) is 1. The number of benzene rings is 1. The van der Waals surface area contributed by atoms with E-state index >= 15 is 0 Å². The molecule has 0 radical (unpaired) electrons. The lowest BCUT2D eigenvalue weighted by Crippen LogP contribution is -2.17. The Bertz CT molecular complexity index is 741.